The minimum Gasteiger partial charge on any atom is -0.443 e. The Kier molecular flexibility index (Phi) is 5.62. The number of hydrogen-bond donors (Lipinski definition) is 1. The molecule has 1 aliphatic heterocycles. The van der Waals surface area contributed by atoms with Gasteiger partial charge in [-0.05, 0) is 36.6 Å². The summed E-state index contributed by atoms with van der Waals surface area (Å²) in [6, 6.07) is 14.0. The van der Waals surface area contributed by atoms with Crippen molar-refractivity contribution in [2.75, 3.05) is 6.54 Å². The first-order valence-electron chi connectivity index (χ1n) is 9.44. The highest BCUT2D eigenvalue weighted by Gasteiger charge is 2.35. The van der Waals surface area contributed by atoms with Crippen molar-refractivity contribution in [2.45, 2.75) is 25.4 Å². The molecule has 4 rings (SSSR count). The van der Waals surface area contributed by atoms with Crippen LogP contribution in [0.15, 0.2) is 65.5 Å². The number of benzene rings is 2. The van der Waals surface area contributed by atoms with E-state index in [1.165, 1.54) is 6.39 Å². The molecule has 1 fully saturated rings. The number of hydrogen-bond acceptors (Lipinski definition) is 4. The standard InChI is InChI=1S/C22H20ClN3O3/c23-16-9-7-15(8-10-16)12-25-21(27)19-6-3-11-26(19)22(28)18-5-2-1-4-17(18)20-13-24-14-29-20/h1-2,4-5,7-10,13-14,19H,3,6,11-12H2,(H,25,27)/t19-/m0/s1. The minimum atomic E-state index is -0.488. The van der Waals surface area contributed by atoms with Crippen LogP contribution in [0.2, 0.25) is 5.02 Å². The van der Waals surface area contributed by atoms with Gasteiger partial charge < -0.3 is 14.6 Å². The number of amides is 2. The monoisotopic (exact) mass is 409 g/mol. The Hall–Kier alpha value is -3.12. The fourth-order valence-corrected chi connectivity index (χ4v) is 3.71. The molecule has 2 amide bonds. The maximum Gasteiger partial charge on any atom is 0.255 e. The van der Waals surface area contributed by atoms with Gasteiger partial charge in [-0.3, -0.25) is 9.59 Å². The van der Waals surface area contributed by atoms with Gasteiger partial charge >= 0.3 is 0 Å². The molecule has 1 saturated heterocycles. The summed E-state index contributed by atoms with van der Waals surface area (Å²) >= 11 is 5.90. The number of carbonyl (C=O) groups excluding carboxylic acids is 2. The predicted octanol–water partition coefficient (Wildman–Crippen LogP) is 3.92. The van der Waals surface area contributed by atoms with Crippen molar-refractivity contribution in [1.82, 2.24) is 15.2 Å². The number of nitrogens with one attached hydrogen (secondary N) is 1. The molecular weight excluding hydrogens is 390 g/mol. The molecule has 7 heteroatoms. The van der Waals surface area contributed by atoms with Crippen LogP contribution >= 0.6 is 11.6 Å². The highest BCUT2D eigenvalue weighted by Crippen LogP contribution is 2.27. The molecule has 2 aromatic carbocycles. The summed E-state index contributed by atoms with van der Waals surface area (Å²) in [5.74, 6) is 0.195. The molecular formula is C22H20ClN3O3. The lowest BCUT2D eigenvalue weighted by molar-refractivity contribution is -0.125. The van der Waals surface area contributed by atoms with Crippen LogP contribution < -0.4 is 5.32 Å². The highest BCUT2D eigenvalue weighted by atomic mass is 35.5. The van der Waals surface area contributed by atoms with E-state index in [1.807, 2.05) is 24.3 Å². The van der Waals surface area contributed by atoms with Crippen LogP contribution in [0.1, 0.15) is 28.8 Å². The molecule has 0 spiro atoms. The number of nitrogens with zero attached hydrogens (tertiary/aromatic N) is 2. The molecule has 1 aromatic heterocycles. The Morgan fingerprint density at radius 3 is 2.72 bits per heavy atom. The Bertz CT molecular complexity index is 1000. The summed E-state index contributed by atoms with van der Waals surface area (Å²) < 4.78 is 5.37. The zero-order valence-electron chi connectivity index (χ0n) is 15.7. The molecule has 0 saturated carbocycles. The van der Waals surface area contributed by atoms with E-state index in [2.05, 4.69) is 10.3 Å². The van der Waals surface area contributed by atoms with Crippen LogP contribution in [-0.4, -0.2) is 34.3 Å². The average molecular weight is 410 g/mol. The van der Waals surface area contributed by atoms with Gasteiger partial charge in [-0.2, -0.15) is 0 Å². The second kappa shape index (κ2) is 8.49. The molecule has 0 radical (unpaired) electrons. The molecule has 2 heterocycles. The van der Waals surface area contributed by atoms with E-state index in [0.29, 0.717) is 41.4 Å². The second-order valence-electron chi connectivity index (χ2n) is 6.91. The lowest BCUT2D eigenvalue weighted by atomic mass is 10.0. The molecule has 0 bridgehead atoms. The normalized spacial score (nSPS) is 16.0. The number of oxazole rings is 1. The van der Waals surface area contributed by atoms with Crippen LogP contribution in [0.3, 0.4) is 0 Å². The van der Waals surface area contributed by atoms with E-state index in [1.54, 1.807) is 35.4 Å². The van der Waals surface area contributed by atoms with Crippen molar-refractivity contribution in [1.29, 1.82) is 0 Å². The zero-order chi connectivity index (χ0) is 20.2. The summed E-state index contributed by atoms with van der Waals surface area (Å²) in [6.45, 7) is 0.936. The largest absolute Gasteiger partial charge is 0.443 e. The van der Waals surface area contributed by atoms with Gasteiger partial charge in [0.25, 0.3) is 5.91 Å². The van der Waals surface area contributed by atoms with E-state index in [0.717, 1.165) is 12.0 Å². The van der Waals surface area contributed by atoms with Gasteiger partial charge in [0.15, 0.2) is 12.2 Å². The highest BCUT2D eigenvalue weighted by molar-refractivity contribution is 6.30. The maximum absolute atomic E-state index is 13.3. The van der Waals surface area contributed by atoms with Crippen molar-refractivity contribution in [3.63, 3.8) is 0 Å². The van der Waals surface area contributed by atoms with Crippen LogP contribution in [0.4, 0.5) is 0 Å². The van der Waals surface area contributed by atoms with E-state index in [-0.39, 0.29) is 11.8 Å². The van der Waals surface area contributed by atoms with E-state index >= 15 is 0 Å². The summed E-state index contributed by atoms with van der Waals surface area (Å²) in [5.41, 5.74) is 2.12. The van der Waals surface area contributed by atoms with Gasteiger partial charge in [0.2, 0.25) is 5.91 Å². The Labute approximate surface area is 173 Å². The van der Waals surface area contributed by atoms with Crippen LogP contribution in [0.5, 0.6) is 0 Å². The molecule has 29 heavy (non-hydrogen) atoms. The van der Waals surface area contributed by atoms with E-state index in [9.17, 15) is 9.59 Å². The Morgan fingerprint density at radius 2 is 1.97 bits per heavy atom. The van der Waals surface area contributed by atoms with Crippen molar-refractivity contribution in [3.8, 4) is 11.3 Å². The summed E-state index contributed by atoms with van der Waals surface area (Å²) in [4.78, 5) is 31.6. The lowest BCUT2D eigenvalue weighted by Gasteiger charge is -2.25. The van der Waals surface area contributed by atoms with Crippen LogP contribution in [0, 0.1) is 0 Å². The number of carbonyl (C=O) groups is 2. The first-order chi connectivity index (χ1) is 14.1. The molecule has 0 unspecified atom stereocenters. The first-order valence-corrected chi connectivity index (χ1v) is 9.82. The molecule has 1 atom stereocenters. The van der Waals surface area contributed by atoms with Gasteiger partial charge in [-0.1, -0.05) is 41.9 Å². The van der Waals surface area contributed by atoms with Gasteiger partial charge in [-0.15, -0.1) is 0 Å². The van der Waals surface area contributed by atoms with Gasteiger partial charge in [-0.25, -0.2) is 4.98 Å². The van der Waals surface area contributed by atoms with Gasteiger partial charge in [0.1, 0.15) is 6.04 Å². The third-order valence-electron chi connectivity index (χ3n) is 5.05. The summed E-state index contributed by atoms with van der Waals surface area (Å²) in [5, 5.41) is 3.59. The lowest BCUT2D eigenvalue weighted by Crippen LogP contribution is -2.45. The quantitative estimate of drug-likeness (QED) is 0.693. The summed E-state index contributed by atoms with van der Waals surface area (Å²) in [6.07, 6.45) is 4.34. The number of halogens is 1. The number of aromatic nitrogens is 1. The third kappa shape index (κ3) is 4.17. The zero-order valence-corrected chi connectivity index (χ0v) is 16.4. The van der Waals surface area contributed by atoms with E-state index < -0.39 is 6.04 Å². The Balaban J connectivity index is 1.49. The third-order valence-corrected chi connectivity index (χ3v) is 5.30. The fourth-order valence-electron chi connectivity index (χ4n) is 3.58. The average Bonchev–Trinajstić information content (AvgIpc) is 3.45. The topological polar surface area (TPSA) is 75.4 Å². The van der Waals surface area contributed by atoms with Crippen molar-refractivity contribution in [2.24, 2.45) is 0 Å². The van der Waals surface area contributed by atoms with Gasteiger partial charge in [0, 0.05) is 23.7 Å². The molecule has 148 valence electrons. The molecule has 1 N–H and O–H groups in total. The SMILES string of the molecule is O=C(NCc1ccc(Cl)cc1)[C@@H]1CCCN1C(=O)c1ccccc1-c1cnco1. The first kappa shape index (κ1) is 19.2. The number of rotatable bonds is 5. The van der Waals surface area contributed by atoms with Crippen LogP contribution in [0.25, 0.3) is 11.3 Å². The molecule has 3 aromatic rings. The maximum atomic E-state index is 13.3. The van der Waals surface area contributed by atoms with E-state index in [4.69, 9.17) is 16.0 Å². The summed E-state index contributed by atoms with van der Waals surface area (Å²) in [7, 11) is 0. The minimum absolute atomic E-state index is 0.150. The molecule has 0 aliphatic carbocycles. The van der Waals surface area contributed by atoms with Crippen molar-refractivity contribution < 1.29 is 14.0 Å². The van der Waals surface area contributed by atoms with Gasteiger partial charge in [0.05, 0.1) is 11.8 Å². The molecule has 6 nitrogen and oxygen atoms in total. The van der Waals surface area contributed by atoms with Crippen molar-refractivity contribution in [3.05, 3.63) is 77.3 Å². The number of likely N-dealkylation sites (tertiary alicyclic amines) is 1. The predicted molar refractivity (Wildman–Crippen MR) is 109 cm³/mol. The van der Waals surface area contributed by atoms with Crippen molar-refractivity contribution >= 4 is 23.4 Å². The smallest absolute Gasteiger partial charge is 0.255 e. The molecule has 1 aliphatic rings. The van der Waals surface area contributed by atoms with Crippen LogP contribution in [-0.2, 0) is 11.3 Å². The second-order valence-corrected chi connectivity index (χ2v) is 7.35. The Morgan fingerprint density at radius 1 is 1.17 bits per heavy atom. The fraction of sp³-hybridized carbons (Fsp3) is 0.227.